The number of methoxy groups -OCH3 is 2. The molecular formula is C10H13NO4. The number of allylic oxidation sites excluding steroid dienone is 1. The van der Waals surface area contributed by atoms with E-state index in [0.717, 1.165) is 5.57 Å². The molecule has 1 aliphatic heterocycles. The van der Waals surface area contributed by atoms with Crippen molar-refractivity contribution in [2.24, 2.45) is 5.16 Å². The number of rotatable bonds is 3. The third-order valence-corrected chi connectivity index (χ3v) is 1.83. The topological polar surface area (TPSA) is 57.1 Å². The van der Waals surface area contributed by atoms with Crippen LogP contribution in [-0.2, 0) is 19.1 Å². The van der Waals surface area contributed by atoms with Crippen molar-refractivity contribution in [2.75, 3.05) is 14.2 Å². The van der Waals surface area contributed by atoms with Gasteiger partial charge in [-0.3, -0.25) is 0 Å². The lowest BCUT2D eigenvalue weighted by Crippen LogP contribution is -2.22. The van der Waals surface area contributed by atoms with Crippen molar-refractivity contribution in [3.8, 4) is 0 Å². The van der Waals surface area contributed by atoms with E-state index in [9.17, 15) is 4.79 Å². The van der Waals surface area contributed by atoms with Gasteiger partial charge in [0.2, 0.25) is 6.29 Å². The van der Waals surface area contributed by atoms with Gasteiger partial charge in [0.1, 0.15) is 0 Å². The minimum absolute atomic E-state index is 0.433. The molecule has 0 bridgehead atoms. The molecule has 1 rings (SSSR count). The van der Waals surface area contributed by atoms with E-state index in [1.54, 1.807) is 0 Å². The molecule has 0 fully saturated rings. The number of esters is 1. The molecule has 82 valence electrons. The van der Waals surface area contributed by atoms with Gasteiger partial charge in [-0.2, -0.15) is 0 Å². The van der Waals surface area contributed by atoms with Crippen LogP contribution in [-0.4, -0.2) is 32.2 Å². The van der Waals surface area contributed by atoms with Crippen molar-refractivity contribution in [1.82, 2.24) is 0 Å². The maximum Gasteiger partial charge on any atom is 0.330 e. The fourth-order valence-corrected chi connectivity index (χ4v) is 1.07. The molecule has 0 saturated heterocycles. The maximum atomic E-state index is 10.8. The highest BCUT2D eigenvalue weighted by atomic mass is 16.8. The van der Waals surface area contributed by atoms with Gasteiger partial charge in [-0.15, -0.1) is 0 Å². The highest BCUT2D eigenvalue weighted by molar-refractivity contribution is 6.00. The van der Waals surface area contributed by atoms with Crippen molar-refractivity contribution in [3.63, 3.8) is 0 Å². The molecular weight excluding hydrogens is 198 g/mol. The molecule has 0 radical (unpaired) electrons. The lowest BCUT2D eigenvalue weighted by Gasteiger charge is -2.20. The van der Waals surface area contributed by atoms with E-state index in [0.29, 0.717) is 12.1 Å². The largest absolute Gasteiger partial charge is 0.466 e. The molecule has 0 N–H and O–H groups in total. The van der Waals surface area contributed by atoms with Gasteiger partial charge in [-0.05, 0) is 11.6 Å². The Morgan fingerprint density at radius 1 is 1.67 bits per heavy atom. The van der Waals surface area contributed by atoms with E-state index in [1.165, 1.54) is 26.4 Å². The van der Waals surface area contributed by atoms with E-state index in [4.69, 9.17) is 9.57 Å². The second-order valence-electron chi connectivity index (χ2n) is 2.95. The van der Waals surface area contributed by atoms with Crippen molar-refractivity contribution in [2.45, 2.75) is 12.7 Å². The van der Waals surface area contributed by atoms with Gasteiger partial charge in [0, 0.05) is 19.6 Å². The standard InChI is InChI=1S/C10H13NO4/c1-7-6-8(4-5-9(12)13-2)11-15-10(7)14-3/h4-5,10H,1,6H2,2-3H3/b5-4+. The quantitative estimate of drug-likeness (QED) is 0.397. The summed E-state index contributed by atoms with van der Waals surface area (Å²) in [4.78, 5) is 15.8. The molecule has 15 heavy (non-hydrogen) atoms. The minimum Gasteiger partial charge on any atom is -0.466 e. The third-order valence-electron chi connectivity index (χ3n) is 1.83. The summed E-state index contributed by atoms with van der Waals surface area (Å²) >= 11 is 0. The van der Waals surface area contributed by atoms with Gasteiger partial charge >= 0.3 is 5.97 Å². The summed E-state index contributed by atoms with van der Waals surface area (Å²) in [5.74, 6) is -0.433. The molecule has 5 heteroatoms. The first-order valence-electron chi connectivity index (χ1n) is 4.36. The van der Waals surface area contributed by atoms with E-state index < -0.39 is 12.3 Å². The predicted molar refractivity (Wildman–Crippen MR) is 54.2 cm³/mol. The molecule has 0 aromatic carbocycles. The van der Waals surface area contributed by atoms with Gasteiger partial charge < -0.3 is 14.3 Å². The Labute approximate surface area is 88.0 Å². The Balaban J connectivity index is 2.59. The molecule has 1 atom stereocenters. The average molecular weight is 211 g/mol. The van der Waals surface area contributed by atoms with E-state index in [2.05, 4.69) is 16.5 Å². The second-order valence-corrected chi connectivity index (χ2v) is 2.95. The lowest BCUT2D eigenvalue weighted by molar-refractivity contribution is -0.134. The van der Waals surface area contributed by atoms with Gasteiger partial charge in [-0.25, -0.2) is 4.79 Å². The van der Waals surface area contributed by atoms with Crippen LogP contribution >= 0.6 is 0 Å². The molecule has 1 unspecified atom stereocenters. The SMILES string of the molecule is C=C1CC(/C=C/C(=O)OC)=NOC1OC. The third kappa shape index (κ3) is 3.21. The zero-order valence-electron chi connectivity index (χ0n) is 8.73. The van der Waals surface area contributed by atoms with E-state index in [1.807, 2.05) is 0 Å². The van der Waals surface area contributed by atoms with Crippen LogP contribution in [0.15, 0.2) is 29.5 Å². The molecule has 0 saturated carbocycles. The minimum atomic E-state index is -0.500. The van der Waals surface area contributed by atoms with Gasteiger partial charge in [0.15, 0.2) is 0 Å². The van der Waals surface area contributed by atoms with Crippen LogP contribution < -0.4 is 0 Å². The van der Waals surface area contributed by atoms with Gasteiger partial charge in [-0.1, -0.05) is 11.7 Å². The summed E-state index contributed by atoms with van der Waals surface area (Å²) < 4.78 is 9.40. The van der Waals surface area contributed by atoms with Crippen molar-refractivity contribution in [3.05, 3.63) is 24.3 Å². The summed E-state index contributed by atoms with van der Waals surface area (Å²) in [7, 11) is 2.83. The van der Waals surface area contributed by atoms with Crippen molar-refractivity contribution >= 4 is 11.7 Å². The second kappa shape index (κ2) is 5.31. The van der Waals surface area contributed by atoms with E-state index >= 15 is 0 Å². The molecule has 0 aromatic heterocycles. The number of ether oxygens (including phenoxy) is 2. The van der Waals surface area contributed by atoms with Crippen LogP contribution in [0.2, 0.25) is 0 Å². The fraction of sp³-hybridized carbons (Fsp3) is 0.400. The van der Waals surface area contributed by atoms with E-state index in [-0.39, 0.29) is 0 Å². The Morgan fingerprint density at radius 3 is 2.93 bits per heavy atom. The summed E-state index contributed by atoms with van der Waals surface area (Å²) in [6.45, 7) is 3.78. The Morgan fingerprint density at radius 2 is 2.40 bits per heavy atom. The van der Waals surface area contributed by atoms with Gasteiger partial charge in [0.25, 0.3) is 0 Å². The molecule has 5 nitrogen and oxygen atoms in total. The molecule has 0 spiro atoms. The normalized spacial score (nSPS) is 21.1. The molecule has 1 heterocycles. The number of carbonyl (C=O) groups is 1. The number of oxime groups is 1. The van der Waals surface area contributed by atoms with Crippen molar-refractivity contribution < 1.29 is 19.1 Å². The molecule has 0 aromatic rings. The zero-order chi connectivity index (χ0) is 11.3. The van der Waals surface area contributed by atoms with Crippen LogP contribution in [0, 0.1) is 0 Å². The number of carbonyl (C=O) groups excluding carboxylic acids is 1. The Kier molecular flexibility index (Phi) is 4.05. The smallest absolute Gasteiger partial charge is 0.330 e. The Hall–Kier alpha value is -1.62. The highest BCUT2D eigenvalue weighted by Gasteiger charge is 2.19. The van der Waals surface area contributed by atoms with Crippen LogP contribution in [0.25, 0.3) is 0 Å². The maximum absolute atomic E-state index is 10.8. The predicted octanol–water partition coefficient (Wildman–Crippen LogP) is 1.02. The molecule has 1 aliphatic rings. The summed E-state index contributed by atoms with van der Waals surface area (Å²) in [6.07, 6.45) is 2.83. The highest BCUT2D eigenvalue weighted by Crippen LogP contribution is 2.17. The first-order valence-corrected chi connectivity index (χ1v) is 4.36. The summed E-state index contributed by atoms with van der Waals surface area (Å²) in [5.41, 5.74) is 1.37. The first-order chi connectivity index (χ1) is 7.17. The summed E-state index contributed by atoms with van der Waals surface area (Å²) in [6, 6.07) is 0. The number of hydrogen-bond donors (Lipinski definition) is 0. The zero-order valence-corrected chi connectivity index (χ0v) is 8.73. The number of hydrogen-bond acceptors (Lipinski definition) is 5. The number of nitrogens with zero attached hydrogens (tertiary/aromatic N) is 1. The summed E-state index contributed by atoms with van der Waals surface area (Å²) in [5, 5.41) is 3.77. The first kappa shape index (κ1) is 11.5. The monoisotopic (exact) mass is 211 g/mol. The van der Waals surface area contributed by atoms with Crippen LogP contribution in [0.4, 0.5) is 0 Å². The lowest BCUT2D eigenvalue weighted by atomic mass is 10.1. The average Bonchev–Trinajstić information content (AvgIpc) is 2.26. The Bertz CT molecular complexity index is 319. The van der Waals surface area contributed by atoms with Crippen LogP contribution in [0.1, 0.15) is 6.42 Å². The molecule has 0 amide bonds. The van der Waals surface area contributed by atoms with Crippen molar-refractivity contribution in [1.29, 1.82) is 0 Å². The molecule has 0 aliphatic carbocycles. The van der Waals surface area contributed by atoms with Gasteiger partial charge in [0.05, 0.1) is 12.8 Å². The van der Waals surface area contributed by atoms with Crippen LogP contribution in [0.3, 0.4) is 0 Å². The fourth-order valence-electron chi connectivity index (χ4n) is 1.07. The van der Waals surface area contributed by atoms with Crippen LogP contribution in [0.5, 0.6) is 0 Å².